The predicted molar refractivity (Wildman–Crippen MR) is 106 cm³/mol. The molecule has 3 rings (SSSR count). The minimum Gasteiger partial charge on any atom is -0.496 e. The number of hydrogen-bond acceptors (Lipinski definition) is 3. The van der Waals surface area contributed by atoms with Gasteiger partial charge in [-0.1, -0.05) is 29.3 Å². The van der Waals surface area contributed by atoms with Crippen molar-refractivity contribution in [3.05, 3.63) is 63.1 Å². The van der Waals surface area contributed by atoms with Crippen LogP contribution in [0.25, 0.3) is 0 Å². The average molecular weight is 447 g/mol. The first-order valence-electron chi connectivity index (χ1n) is 8.81. The summed E-state index contributed by atoms with van der Waals surface area (Å²) in [5.41, 5.74) is -0.134. The monoisotopic (exact) mass is 446 g/mol. The highest BCUT2D eigenvalue weighted by molar-refractivity contribution is 6.42. The number of hydrogen-bond donors (Lipinski definition) is 1. The molecule has 1 heterocycles. The molecule has 4 nitrogen and oxygen atoms in total. The van der Waals surface area contributed by atoms with Crippen molar-refractivity contribution in [1.82, 2.24) is 10.2 Å². The summed E-state index contributed by atoms with van der Waals surface area (Å²) in [6.45, 7) is 1.12. The number of ether oxygens (including phenoxy) is 1. The summed E-state index contributed by atoms with van der Waals surface area (Å²) in [6.07, 6.45) is -4.63. The van der Waals surface area contributed by atoms with Crippen LogP contribution in [0.4, 0.5) is 13.2 Å². The van der Waals surface area contributed by atoms with Gasteiger partial charge in [-0.3, -0.25) is 4.79 Å². The van der Waals surface area contributed by atoms with Crippen LogP contribution < -0.4 is 10.1 Å². The molecule has 9 heteroatoms. The molecule has 0 radical (unpaired) electrons. The molecule has 0 bridgehead atoms. The van der Waals surface area contributed by atoms with Gasteiger partial charge >= 0.3 is 6.18 Å². The molecule has 1 saturated heterocycles. The van der Waals surface area contributed by atoms with E-state index in [0.29, 0.717) is 23.1 Å². The van der Waals surface area contributed by atoms with E-state index in [-0.39, 0.29) is 23.3 Å². The Morgan fingerprint density at radius 1 is 1.14 bits per heavy atom. The van der Waals surface area contributed by atoms with Crippen LogP contribution in [0.3, 0.4) is 0 Å². The fourth-order valence-corrected chi connectivity index (χ4v) is 3.88. The van der Waals surface area contributed by atoms with Crippen molar-refractivity contribution in [3.63, 3.8) is 0 Å². The van der Waals surface area contributed by atoms with Crippen LogP contribution >= 0.6 is 23.2 Å². The summed E-state index contributed by atoms with van der Waals surface area (Å²) < 4.78 is 44.7. The Bertz CT molecular complexity index is 921. The van der Waals surface area contributed by atoms with E-state index in [1.54, 1.807) is 19.2 Å². The van der Waals surface area contributed by atoms with Gasteiger partial charge in [0.05, 0.1) is 28.8 Å². The van der Waals surface area contributed by atoms with Crippen molar-refractivity contribution in [1.29, 1.82) is 0 Å². The van der Waals surface area contributed by atoms with Crippen LogP contribution in [-0.4, -0.2) is 44.1 Å². The van der Waals surface area contributed by atoms with E-state index >= 15 is 0 Å². The number of amides is 1. The van der Waals surface area contributed by atoms with E-state index in [4.69, 9.17) is 27.9 Å². The number of likely N-dealkylation sites (N-methyl/N-ethyl adjacent to an activating group) is 1. The number of methoxy groups -OCH3 is 1. The second-order valence-corrected chi connectivity index (χ2v) is 7.65. The van der Waals surface area contributed by atoms with Gasteiger partial charge in [0.15, 0.2) is 0 Å². The van der Waals surface area contributed by atoms with Gasteiger partial charge in [0.2, 0.25) is 0 Å². The van der Waals surface area contributed by atoms with Crippen molar-refractivity contribution < 1.29 is 22.7 Å². The smallest absolute Gasteiger partial charge is 0.419 e. The molecule has 2 atom stereocenters. The van der Waals surface area contributed by atoms with Crippen molar-refractivity contribution in [3.8, 4) is 5.75 Å². The first kappa shape index (κ1) is 21.7. The normalized spacial score (nSPS) is 19.3. The second-order valence-electron chi connectivity index (χ2n) is 6.83. The van der Waals surface area contributed by atoms with E-state index in [1.807, 2.05) is 6.07 Å². The van der Waals surface area contributed by atoms with E-state index in [0.717, 1.165) is 24.8 Å². The van der Waals surface area contributed by atoms with Crippen molar-refractivity contribution in [2.45, 2.75) is 18.1 Å². The molecule has 1 amide bonds. The van der Waals surface area contributed by atoms with E-state index in [2.05, 4.69) is 5.32 Å². The van der Waals surface area contributed by atoms with Crippen LogP contribution in [0.5, 0.6) is 5.75 Å². The Morgan fingerprint density at radius 3 is 2.48 bits per heavy atom. The maximum Gasteiger partial charge on any atom is 0.419 e. The fraction of sp³-hybridized carbons (Fsp3) is 0.350. The molecule has 0 unspecified atom stereocenters. The lowest BCUT2D eigenvalue weighted by atomic mass is 9.93. The fourth-order valence-electron chi connectivity index (χ4n) is 3.57. The average Bonchev–Trinajstić information content (AvgIpc) is 3.17. The van der Waals surface area contributed by atoms with Crippen LogP contribution in [0.2, 0.25) is 10.0 Å². The van der Waals surface area contributed by atoms with Crippen molar-refractivity contribution >= 4 is 29.1 Å². The second kappa shape index (κ2) is 8.42. The molecule has 1 fully saturated rings. The van der Waals surface area contributed by atoms with Gasteiger partial charge in [-0.25, -0.2) is 0 Å². The van der Waals surface area contributed by atoms with E-state index in [9.17, 15) is 18.0 Å². The third kappa shape index (κ3) is 4.47. The summed E-state index contributed by atoms with van der Waals surface area (Å²) in [5.74, 6) is -0.899. The molecule has 0 saturated carbocycles. The van der Waals surface area contributed by atoms with Crippen molar-refractivity contribution in [2.75, 3.05) is 27.2 Å². The summed E-state index contributed by atoms with van der Waals surface area (Å²) in [6, 6.07) is 8.35. The minimum atomic E-state index is -4.63. The van der Waals surface area contributed by atoms with Gasteiger partial charge in [-0.2, -0.15) is 13.2 Å². The largest absolute Gasteiger partial charge is 0.496 e. The Labute approximate surface area is 176 Å². The zero-order valence-electron chi connectivity index (χ0n) is 15.7. The number of nitrogens with zero attached hydrogens (tertiary/aromatic N) is 1. The van der Waals surface area contributed by atoms with E-state index in [1.165, 1.54) is 11.0 Å². The topological polar surface area (TPSA) is 41.6 Å². The molecule has 29 heavy (non-hydrogen) atoms. The first-order chi connectivity index (χ1) is 13.6. The Balaban J connectivity index is 1.88. The lowest BCUT2D eigenvalue weighted by molar-refractivity contribution is -0.138. The van der Waals surface area contributed by atoms with Gasteiger partial charge in [0.1, 0.15) is 5.75 Å². The Hall–Kier alpha value is -1.96. The first-order valence-corrected chi connectivity index (χ1v) is 9.57. The number of alkyl halides is 3. The summed E-state index contributed by atoms with van der Waals surface area (Å²) in [5, 5.41) is 4.07. The molecule has 156 valence electrons. The van der Waals surface area contributed by atoms with Gasteiger partial charge in [-0.05, 0) is 35.9 Å². The van der Waals surface area contributed by atoms with Gasteiger partial charge < -0.3 is 15.0 Å². The van der Waals surface area contributed by atoms with Crippen molar-refractivity contribution in [2.24, 2.45) is 0 Å². The Morgan fingerprint density at radius 2 is 1.86 bits per heavy atom. The summed E-state index contributed by atoms with van der Waals surface area (Å²) in [4.78, 5) is 14.4. The van der Waals surface area contributed by atoms with Crippen LogP contribution in [-0.2, 0) is 6.18 Å². The number of benzene rings is 2. The molecule has 0 aromatic heterocycles. The molecular formula is C20H19Cl2F3N2O2. The number of halogens is 5. The molecule has 0 aliphatic carbocycles. The maximum absolute atomic E-state index is 13.3. The quantitative estimate of drug-likeness (QED) is 0.729. The zero-order chi connectivity index (χ0) is 21.3. The molecule has 1 N–H and O–H groups in total. The zero-order valence-corrected chi connectivity index (χ0v) is 17.2. The molecule has 1 aliphatic heterocycles. The number of carbonyl (C=O) groups is 1. The lowest BCUT2D eigenvalue weighted by Crippen LogP contribution is -2.41. The predicted octanol–water partition coefficient (Wildman–Crippen LogP) is 4.85. The van der Waals surface area contributed by atoms with E-state index < -0.39 is 17.6 Å². The number of rotatable bonds is 4. The Kier molecular flexibility index (Phi) is 6.31. The third-order valence-corrected chi connectivity index (χ3v) is 5.86. The minimum absolute atomic E-state index is 0.0552. The van der Waals surface area contributed by atoms with Crippen LogP contribution in [0, 0.1) is 0 Å². The molecule has 2 aromatic carbocycles. The van der Waals surface area contributed by atoms with Crippen LogP contribution in [0.15, 0.2) is 36.4 Å². The molecule has 2 aromatic rings. The summed E-state index contributed by atoms with van der Waals surface area (Å²) >= 11 is 12.1. The molecule has 0 spiro atoms. The standard InChI is InChI=1S/C20H19Cl2F3N2O2/c1-27(17-10-26-9-13(17)11-3-5-15(21)16(22)8-11)19(28)12-4-6-18(29-2)14(7-12)20(23,24)25/h3-8,13,17,26H,9-10H2,1-2H3/t13-,17+/m0/s1. The SMILES string of the molecule is COc1ccc(C(=O)N(C)[C@@H]2CNC[C@H]2c2ccc(Cl)c(Cl)c2)cc1C(F)(F)F. The molecule has 1 aliphatic rings. The van der Waals surface area contributed by atoms with Gasteiger partial charge in [0, 0.05) is 31.6 Å². The highest BCUT2D eigenvalue weighted by Gasteiger charge is 2.37. The van der Waals surface area contributed by atoms with Gasteiger partial charge in [0.25, 0.3) is 5.91 Å². The highest BCUT2D eigenvalue weighted by atomic mass is 35.5. The number of carbonyl (C=O) groups excluding carboxylic acids is 1. The maximum atomic E-state index is 13.3. The summed E-state index contributed by atoms with van der Waals surface area (Å²) in [7, 11) is 2.74. The lowest BCUT2D eigenvalue weighted by Gasteiger charge is -2.30. The number of nitrogens with one attached hydrogen (secondary N) is 1. The van der Waals surface area contributed by atoms with Crippen LogP contribution in [0.1, 0.15) is 27.4 Å². The highest BCUT2D eigenvalue weighted by Crippen LogP contribution is 2.37. The third-order valence-electron chi connectivity index (χ3n) is 5.12. The van der Waals surface area contributed by atoms with Gasteiger partial charge in [-0.15, -0.1) is 0 Å². The molecular weight excluding hydrogens is 428 g/mol.